The van der Waals surface area contributed by atoms with Gasteiger partial charge in [0.25, 0.3) is 10.9 Å². The Morgan fingerprint density at radius 1 is 1.14 bits per heavy atom. The van der Waals surface area contributed by atoms with Gasteiger partial charge in [-0.05, 0) is 35.9 Å². The van der Waals surface area contributed by atoms with Gasteiger partial charge >= 0.3 is 11.3 Å². The standard InChI is InChI=1S/C17H10ClF2N5O3S/c18-17(19,20)16-24-15(25-28-16)8-1-3-9(4-2-8)23-12-11(13(26)14(12)27)21-5-10-6-29-7-22-10/h1-4,6-7,21,23H,5H2. The van der Waals surface area contributed by atoms with Crippen LogP contribution in [0.15, 0.2) is 49.3 Å². The Labute approximate surface area is 169 Å². The largest absolute Gasteiger partial charge is 0.400 e. The van der Waals surface area contributed by atoms with E-state index in [0.717, 1.165) is 5.69 Å². The van der Waals surface area contributed by atoms with E-state index in [1.807, 2.05) is 5.38 Å². The van der Waals surface area contributed by atoms with Gasteiger partial charge in [0.1, 0.15) is 11.4 Å². The van der Waals surface area contributed by atoms with E-state index in [1.54, 1.807) is 17.6 Å². The Morgan fingerprint density at radius 2 is 1.86 bits per heavy atom. The topological polar surface area (TPSA) is 110 Å². The van der Waals surface area contributed by atoms with E-state index in [1.165, 1.54) is 23.5 Å². The second-order valence-corrected chi connectivity index (χ2v) is 7.06. The van der Waals surface area contributed by atoms with E-state index < -0.39 is 22.1 Å². The van der Waals surface area contributed by atoms with E-state index in [9.17, 15) is 18.4 Å². The van der Waals surface area contributed by atoms with Gasteiger partial charge in [0.05, 0.1) is 17.7 Å². The predicted octanol–water partition coefficient (Wildman–Crippen LogP) is 3.43. The summed E-state index contributed by atoms with van der Waals surface area (Å²) in [7, 11) is 0. The van der Waals surface area contributed by atoms with E-state index >= 15 is 0 Å². The number of rotatable bonds is 7. The Kier molecular flexibility index (Phi) is 4.84. The molecule has 0 fully saturated rings. The maximum atomic E-state index is 13.0. The average molecular weight is 438 g/mol. The van der Waals surface area contributed by atoms with Crippen LogP contribution in [0.2, 0.25) is 0 Å². The fourth-order valence-corrected chi connectivity index (χ4v) is 3.12. The lowest BCUT2D eigenvalue weighted by atomic mass is 10.1. The maximum absolute atomic E-state index is 13.0. The molecule has 0 saturated heterocycles. The summed E-state index contributed by atoms with van der Waals surface area (Å²) in [6.07, 6.45) is 0. The van der Waals surface area contributed by atoms with Crippen LogP contribution < -0.4 is 21.5 Å². The van der Waals surface area contributed by atoms with Crippen molar-refractivity contribution in [3.05, 3.63) is 67.2 Å². The molecule has 0 aliphatic carbocycles. The molecule has 0 spiro atoms. The molecule has 0 bridgehead atoms. The number of nitrogens with zero attached hydrogens (tertiary/aromatic N) is 3. The summed E-state index contributed by atoms with van der Waals surface area (Å²) >= 11 is 6.27. The van der Waals surface area contributed by atoms with E-state index in [0.29, 0.717) is 17.8 Å². The van der Waals surface area contributed by atoms with Gasteiger partial charge < -0.3 is 15.2 Å². The second kappa shape index (κ2) is 7.33. The summed E-state index contributed by atoms with van der Waals surface area (Å²) in [4.78, 5) is 31.3. The van der Waals surface area contributed by atoms with E-state index in [-0.39, 0.29) is 17.2 Å². The molecule has 0 amide bonds. The molecule has 4 rings (SSSR count). The number of nitrogens with one attached hydrogen (secondary N) is 2. The van der Waals surface area contributed by atoms with Crippen molar-refractivity contribution in [2.75, 3.05) is 10.6 Å². The van der Waals surface area contributed by atoms with Crippen molar-refractivity contribution in [3.8, 4) is 11.4 Å². The molecule has 2 heterocycles. The monoisotopic (exact) mass is 437 g/mol. The molecular weight excluding hydrogens is 428 g/mol. The van der Waals surface area contributed by atoms with Crippen molar-refractivity contribution in [2.45, 2.75) is 11.9 Å². The first-order valence-electron chi connectivity index (χ1n) is 8.05. The summed E-state index contributed by atoms with van der Waals surface area (Å²) in [5.74, 6) is -1.07. The molecule has 2 N–H and O–H groups in total. The quantitative estimate of drug-likeness (QED) is 0.334. The average Bonchev–Trinajstić information content (AvgIpc) is 3.39. The molecule has 0 aliphatic heterocycles. The van der Waals surface area contributed by atoms with Crippen molar-refractivity contribution in [2.24, 2.45) is 0 Å². The highest BCUT2D eigenvalue weighted by Gasteiger charge is 2.35. The molecule has 4 aromatic rings. The highest BCUT2D eigenvalue weighted by Crippen LogP contribution is 2.32. The highest BCUT2D eigenvalue weighted by atomic mass is 35.5. The van der Waals surface area contributed by atoms with Gasteiger partial charge in [0, 0.05) is 16.6 Å². The number of halogens is 3. The minimum atomic E-state index is -3.75. The van der Waals surface area contributed by atoms with Crippen LogP contribution in [-0.4, -0.2) is 15.1 Å². The van der Waals surface area contributed by atoms with Crippen LogP contribution in [0.25, 0.3) is 11.4 Å². The zero-order valence-electron chi connectivity index (χ0n) is 14.3. The third kappa shape index (κ3) is 3.87. The Hall–Kier alpha value is -3.18. The molecular formula is C17H10ClF2N5O3S. The first-order chi connectivity index (χ1) is 13.8. The van der Waals surface area contributed by atoms with Crippen LogP contribution >= 0.6 is 22.9 Å². The summed E-state index contributed by atoms with van der Waals surface area (Å²) in [5, 5.41) is 7.31. The minimum absolute atomic E-state index is 0.0633. The highest BCUT2D eigenvalue weighted by molar-refractivity contribution is 7.07. The van der Waals surface area contributed by atoms with Crippen LogP contribution in [0.4, 0.5) is 25.8 Å². The molecule has 29 heavy (non-hydrogen) atoms. The lowest BCUT2D eigenvalue weighted by Gasteiger charge is -2.14. The Bertz CT molecular complexity index is 1210. The molecule has 148 valence electrons. The van der Waals surface area contributed by atoms with Crippen molar-refractivity contribution >= 4 is 40.0 Å². The third-order valence-electron chi connectivity index (χ3n) is 3.92. The van der Waals surface area contributed by atoms with Gasteiger partial charge in [0.15, 0.2) is 0 Å². The predicted molar refractivity (Wildman–Crippen MR) is 104 cm³/mol. The minimum Gasteiger partial charge on any atom is -0.374 e. The fourth-order valence-electron chi connectivity index (χ4n) is 2.49. The smallest absolute Gasteiger partial charge is 0.374 e. The molecule has 8 nitrogen and oxygen atoms in total. The fraction of sp³-hybridized carbons (Fsp3) is 0.118. The van der Waals surface area contributed by atoms with Gasteiger partial charge in [-0.2, -0.15) is 13.8 Å². The number of aromatic nitrogens is 3. The first-order valence-corrected chi connectivity index (χ1v) is 9.37. The van der Waals surface area contributed by atoms with Crippen LogP contribution in [0.3, 0.4) is 0 Å². The summed E-state index contributed by atoms with van der Waals surface area (Å²) in [5.41, 5.74) is 2.40. The van der Waals surface area contributed by atoms with Crippen molar-refractivity contribution in [3.63, 3.8) is 0 Å². The lowest BCUT2D eigenvalue weighted by molar-refractivity contribution is 0.0551. The van der Waals surface area contributed by atoms with Crippen molar-refractivity contribution in [1.29, 1.82) is 0 Å². The Balaban J connectivity index is 1.48. The SMILES string of the molecule is O=c1c(NCc2cscn2)c(Nc2ccc(-c3noc(C(F)(F)Cl)n3)cc2)c1=O. The van der Waals surface area contributed by atoms with Crippen LogP contribution in [0.1, 0.15) is 11.6 Å². The van der Waals surface area contributed by atoms with Crippen molar-refractivity contribution < 1.29 is 13.3 Å². The van der Waals surface area contributed by atoms with Gasteiger partial charge in [-0.3, -0.25) is 9.59 Å². The zero-order chi connectivity index (χ0) is 20.6. The van der Waals surface area contributed by atoms with E-state index in [2.05, 4.69) is 30.3 Å². The molecule has 0 aliphatic rings. The second-order valence-electron chi connectivity index (χ2n) is 5.86. The summed E-state index contributed by atoms with van der Waals surface area (Å²) in [6.45, 7) is 0.313. The summed E-state index contributed by atoms with van der Waals surface area (Å²) < 4.78 is 30.4. The third-order valence-corrected chi connectivity index (χ3v) is 4.72. The molecule has 0 unspecified atom stereocenters. The van der Waals surface area contributed by atoms with Gasteiger partial charge in [-0.15, -0.1) is 11.3 Å². The molecule has 0 radical (unpaired) electrons. The first kappa shape index (κ1) is 19.2. The van der Waals surface area contributed by atoms with Gasteiger partial charge in [-0.1, -0.05) is 5.16 Å². The number of anilines is 3. The van der Waals surface area contributed by atoms with Crippen LogP contribution in [-0.2, 0) is 11.9 Å². The number of thiazole rings is 1. The Morgan fingerprint density at radius 3 is 2.48 bits per heavy atom. The zero-order valence-corrected chi connectivity index (χ0v) is 15.9. The molecule has 0 saturated carbocycles. The van der Waals surface area contributed by atoms with Crippen molar-refractivity contribution in [1.82, 2.24) is 15.1 Å². The van der Waals surface area contributed by atoms with Gasteiger partial charge in [-0.25, -0.2) is 4.98 Å². The summed E-state index contributed by atoms with van der Waals surface area (Å²) in [6, 6.07) is 6.23. The molecule has 0 atom stereocenters. The van der Waals surface area contributed by atoms with E-state index in [4.69, 9.17) is 11.6 Å². The molecule has 2 aromatic carbocycles. The maximum Gasteiger partial charge on any atom is 0.400 e. The normalized spacial score (nSPS) is 11.7. The molecule has 2 aromatic heterocycles. The number of benzene rings is 1. The van der Waals surface area contributed by atoms with Crippen LogP contribution in [0.5, 0.6) is 0 Å². The van der Waals surface area contributed by atoms with Crippen LogP contribution in [0, 0.1) is 0 Å². The number of alkyl halides is 3. The molecule has 12 heteroatoms. The lowest BCUT2D eigenvalue weighted by Crippen LogP contribution is -2.36. The number of hydrogen-bond donors (Lipinski definition) is 2. The van der Waals surface area contributed by atoms with Gasteiger partial charge in [0.2, 0.25) is 5.82 Å². The number of hydrogen-bond acceptors (Lipinski definition) is 9.